The molecule has 1 N–H and O–H groups in total. The van der Waals surface area contributed by atoms with Crippen molar-refractivity contribution in [2.45, 2.75) is 19.6 Å². The van der Waals surface area contributed by atoms with Gasteiger partial charge in [-0.05, 0) is 55.0 Å². The van der Waals surface area contributed by atoms with Crippen LogP contribution in [0.2, 0.25) is 0 Å². The first-order valence-electron chi connectivity index (χ1n) is 12.0. The van der Waals surface area contributed by atoms with Crippen molar-refractivity contribution in [1.29, 1.82) is 0 Å². The van der Waals surface area contributed by atoms with Gasteiger partial charge in [0.15, 0.2) is 0 Å². The normalized spacial score (nSPS) is 15.5. The van der Waals surface area contributed by atoms with E-state index in [1.807, 2.05) is 72.9 Å². The molecule has 2 aromatic heterocycles. The molecule has 184 valence electrons. The van der Waals surface area contributed by atoms with Crippen LogP contribution in [0.5, 0.6) is 5.75 Å². The van der Waals surface area contributed by atoms with Crippen LogP contribution in [0.15, 0.2) is 79.1 Å². The third-order valence-electron chi connectivity index (χ3n) is 6.17. The van der Waals surface area contributed by atoms with Crippen molar-refractivity contribution in [2.75, 3.05) is 31.7 Å². The lowest BCUT2D eigenvalue weighted by Gasteiger charge is -2.32. The molecule has 1 aliphatic rings. The smallest absolute Gasteiger partial charge is 0.255 e. The molecule has 8 heteroatoms. The number of anilines is 1. The molecule has 1 amide bonds. The van der Waals surface area contributed by atoms with Gasteiger partial charge in [0.1, 0.15) is 17.3 Å². The maximum Gasteiger partial charge on any atom is 0.255 e. The highest BCUT2D eigenvalue weighted by Gasteiger charge is 2.20. The van der Waals surface area contributed by atoms with Gasteiger partial charge in [-0.2, -0.15) is 5.10 Å². The Morgan fingerprint density at radius 2 is 1.92 bits per heavy atom. The van der Waals surface area contributed by atoms with E-state index in [0.717, 1.165) is 41.5 Å². The second-order valence-corrected chi connectivity index (χ2v) is 8.73. The summed E-state index contributed by atoms with van der Waals surface area (Å²) in [7, 11) is 1.63. The van der Waals surface area contributed by atoms with Gasteiger partial charge in [-0.25, -0.2) is 9.67 Å². The van der Waals surface area contributed by atoms with E-state index in [0.29, 0.717) is 24.4 Å². The average Bonchev–Trinajstić information content (AvgIpc) is 3.38. The molecule has 0 radical (unpaired) electrons. The standard InChI is InChI=1S/C28H29N5O3/c1-20-18-32(14-15-36-20)26-13-8-21(16-29-26)17-30-28(34)25-19-33(23-6-4-3-5-7-23)31-27(25)22-9-11-24(35-2)12-10-22/h3-13,16,19-20H,14-15,17-18H2,1-2H3,(H,30,34). The third kappa shape index (κ3) is 5.23. The molecular weight excluding hydrogens is 454 g/mol. The predicted molar refractivity (Wildman–Crippen MR) is 139 cm³/mol. The minimum atomic E-state index is -0.200. The molecule has 2 aromatic carbocycles. The van der Waals surface area contributed by atoms with Crippen molar-refractivity contribution in [1.82, 2.24) is 20.1 Å². The van der Waals surface area contributed by atoms with Crippen LogP contribution in [-0.4, -0.2) is 53.6 Å². The van der Waals surface area contributed by atoms with Crippen LogP contribution in [-0.2, 0) is 11.3 Å². The number of carbonyl (C=O) groups is 1. The van der Waals surface area contributed by atoms with Crippen LogP contribution < -0.4 is 15.0 Å². The highest BCUT2D eigenvalue weighted by molar-refractivity contribution is 5.99. The Morgan fingerprint density at radius 3 is 2.61 bits per heavy atom. The quantitative estimate of drug-likeness (QED) is 0.426. The molecule has 0 bridgehead atoms. The van der Waals surface area contributed by atoms with Crippen molar-refractivity contribution < 1.29 is 14.3 Å². The van der Waals surface area contributed by atoms with Crippen molar-refractivity contribution in [3.63, 3.8) is 0 Å². The van der Waals surface area contributed by atoms with E-state index in [1.54, 1.807) is 18.0 Å². The molecule has 1 atom stereocenters. The van der Waals surface area contributed by atoms with Crippen LogP contribution in [0.3, 0.4) is 0 Å². The molecule has 36 heavy (non-hydrogen) atoms. The van der Waals surface area contributed by atoms with E-state index >= 15 is 0 Å². The van der Waals surface area contributed by atoms with E-state index in [1.165, 1.54) is 0 Å². The molecule has 0 aliphatic carbocycles. The summed E-state index contributed by atoms with van der Waals surface area (Å²) in [6, 6.07) is 21.3. The molecule has 5 rings (SSSR count). The van der Waals surface area contributed by atoms with Gasteiger partial charge < -0.3 is 19.7 Å². The number of rotatable bonds is 7. The first-order chi connectivity index (χ1) is 17.6. The van der Waals surface area contributed by atoms with Crippen LogP contribution in [0, 0.1) is 0 Å². The summed E-state index contributed by atoms with van der Waals surface area (Å²) in [6.45, 7) is 4.78. The maximum absolute atomic E-state index is 13.3. The van der Waals surface area contributed by atoms with Gasteiger partial charge in [-0.3, -0.25) is 4.79 Å². The highest BCUT2D eigenvalue weighted by Crippen LogP contribution is 2.26. The lowest BCUT2D eigenvalue weighted by molar-refractivity contribution is 0.0529. The van der Waals surface area contributed by atoms with Crippen molar-refractivity contribution in [2.24, 2.45) is 0 Å². The summed E-state index contributed by atoms with van der Waals surface area (Å²) < 4.78 is 12.6. The molecule has 0 saturated carbocycles. The molecule has 8 nitrogen and oxygen atoms in total. The summed E-state index contributed by atoms with van der Waals surface area (Å²) >= 11 is 0. The van der Waals surface area contributed by atoms with Gasteiger partial charge in [0, 0.05) is 37.6 Å². The Balaban J connectivity index is 1.34. The minimum absolute atomic E-state index is 0.191. The zero-order valence-corrected chi connectivity index (χ0v) is 20.4. The zero-order valence-electron chi connectivity index (χ0n) is 20.4. The van der Waals surface area contributed by atoms with Gasteiger partial charge in [-0.1, -0.05) is 24.3 Å². The first kappa shape index (κ1) is 23.6. The number of methoxy groups -OCH3 is 1. The van der Waals surface area contributed by atoms with Crippen LogP contribution >= 0.6 is 0 Å². The number of nitrogens with one attached hydrogen (secondary N) is 1. The SMILES string of the molecule is COc1ccc(-c2nn(-c3ccccc3)cc2C(=O)NCc2ccc(N3CCOC(C)C3)nc2)cc1. The van der Waals surface area contributed by atoms with Crippen molar-refractivity contribution in [3.8, 4) is 22.7 Å². The third-order valence-corrected chi connectivity index (χ3v) is 6.17. The van der Waals surface area contributed by atoms with E-state index < -0.39 is 0 Å². The molecule has 1 aliphatic heterocycles. The summed E-state index contributed by atoms with van der Waals surface area (Å²) in [4.78, 5) is 20.1. The average molecular weight is 484 g/mol. The van der Waals surface area contributed by atoms with Crippen LogP contribution in [0.1, 0.15) is 22.8 Å². The van der Waals surface area contributed by atoms with Crippen LogP contribution in [0.25, 0.3) is 16.9 Å². The van der Waals surface area contributed by atoms with Gasteiger partial charge >= 0.3 is 0 Å². The predicted octanol–water partition coefficient (Wildman–Crippen LogP) is 4.10. The van der Waals surface area contributed by atoms with E-state index in [9.17, 15) is 4.79 Å². The van der Waals surface area contributed by atoms with Gasteiger partial charge in [-0.15, -0.1) is 0 Å². The summed E-state index contributed by atoms with van der Waals surface area (Å²) in [5.74, 6) is 1.47. The number of carbonyl (C=O) groups excluding carboxylic acids is 1. The minimum Gasteiger partial charge on any atom is -0.497 e. The summed E-state index contributed by atoms with van der Waals surface area (Å²) in [5.41, 5.74) is 3.74. The second kappa shape index (κ2) is 10.6. The number of morpholine rings is 1. The molecular formula is C28H29N5O3. The largest absolute Gasteiger partial charge is 0.497 e. The fourth-order valence-corrected chi connectivity index (χ4v) is 4.23. The second-order valence-electron chi connectivity index (χ2n) is 8.73. The Labute approximate surface area is 210 Å². The highest BCUT2D eigenvalue weighted by atomic mass is 16.5. The first-order valence-corrected chi connectivity index (χ1v) is 12.0. The fraction of sp³-hybridized carbons (Fsp3) is 0.250. The molecule has 1 saturated heterocycles. The topological polar surface area (TPSA) is 81.5 Å². The van der Waals surface area contributed by atoms with E-state index in [-0.39, 0.29) is 12.0 Å². The van der Waals surface area contributed by atoms with Crippen LogP contribution in [0.4, 0.5) is 5.82 Å². The molecule has 3 heterocycles. The van der Waals surface area contributed by atoms with Gasteiger partial charge in [0.25, 0.3) is 5.91 Å². The van der Waals surface area contributed by atoms with Gasteiger partial charge in [0.2, 0.25) is 0 Å². The Hall–Kier alpha value is -4.17. The molecule has 1 fully saturated rings. The number of pyridine rings is 1. The Morgan fingerprint density at radius 1 is 1.11 bits per heavy atom. The van der Waals surface area contributed by atoms with Gasteiger partial charge in [0.05, 0.1) is 31.1 Å². The number of hydrogen-bond donors (Lipinski definition) is 1. The lowest BCUT2D eigenvalue weighted by Crippen LogP contribution is -2.41. The summed E-state index contributed by atoms with van der Waals surface area (Å²) in [5, 5.41) is 7.77. The maximum atomic E-state index is 13.3. The zero-order chi connectivity index (χ0) is 24.9. The van der Waals surface area contributed by atoms with Crippen molar-refractivity contribution >= 4 is 11.7 Å². The number of ether oxygens (including phenoxy) is 2. The number of para-hydroxylation sites is 1. The van der Waals surface area contributed by atoms with E-state index in [4.69, 9.17) is 14.6 Å². The Bertz CT molecular complexity index is 1300. The number of aromatic nitrogens is 3. The molecule has 0 spiro atoms. The number of nitrogens with zero attached hydrogens (tertiary/aromatic N) is 4. The Kier molecular flexibility index (Phi) is 6.95. The fourth-order valence-electron chi connectivity index (χ4n) is 4.23. The number of benzene rings is 2. The number of hydrogen-bond acceptors (Lipinski definition) is 6. The number of amides is 1. The molecule has 4 aromatic rings. The van der Waals surface area contributed by atoms with E-state index in [2.05, 4.69) is 22.1 Å². The summed E-state index contributed by atoms with van der Waals surface area (Å²) in [6.07, 6.45) is 3.77. The molecule has 1 unspecified atom stereocenters. The lowest BCUT2D eigenvalue weighted by atomic mass is 10.1. The van der Waals surface area contributed by atoms with Crippen molar-refractivity contribution in [3.05, 3.63) is 90.3 Å². The monoisotopic (exact) mass is 483 g/mol.